The van der Waals surface area contributed by atoms with Crippen molar-refractivity contribution in [3.05, 3.63) is 78.6 Å². The van der Waals surface area contributed by atoms with Crippen molar-refractivity contribution in [2.45, 2.75) is 13.0 Å². The van der Waals surface area contributed by atoms with Gasteiger partial charge in [-0.2, -0.15) is 0 Å². The van der Waals surface area contributed by atoms with Crippen LogP contribution in [0.1, 0.15) is 18.5 Å². The number of carbonyl (C=O) groups excluding carboxylic acids is 1. The molecule has 27 heavy (non-hydrogen) atoms. The minimum Gasteiger partial charge on any atom is -0.493 e. The van der Waals surface area contributed by atoms with Crippen LogP contribution in [0.25, 0.3) is 0 Å². The number of rotatable bonds is 6. The van der Waals surface area contributed by atoms with E-state index in [0.29, 0.717) is 22.9 Å². The van der Waals surface area contributed by atoms with Gasteiger partial charge < -0.3 is 20.1 Å². The van der Waals surface area contributed by atoms with E-state index in [1.807, 2.05) is 43.3 Å². The highest BCUT2D eigenvalue weighted by atomic mass is 16.5. The Labute approximate surface area is 158 Å². The first-order valence-electron chi connectivity index (χ1n) is 8.54. The molecule has 0 aliphatic heterocycles. The first kappa shape index (κ1) is 18.3. The van der Waals surface area contributed by atoms with Crippen molar-refractivity contribution in [1.82, 2.24) is 10.3 Å². The summed E-state index contributed by atoms with van der Waals surface area (Å²) >= 11 is 0. The highest BCUT2D eigenvalue weighted by Crippen LogP contribution is 2.31. The number of hydrogen-bond donors (Lipinski definition) is 2. The van der Waals surface area contributed by atoms with Crippen molar-refractivity contribution in [3.8, 4) is 17.2 Å². The molecule has 2 aromatic carbocycles. The maximum Gasteiger partial charge on any atom is 0.319 e. The fraction of sp³-hybridized carbons (Fsp3) is 0.143. The van der Waals surface area contributed by atoms with Crippen LogP contribution in [0, 0.1) is 0 Å². The zero-order chi connectivity index (χ0) is 19.1. The van der Waals surface area contributed by atoms with Gasteiger partial charge in [-0.15, -0.1) is 0 Å². The van der Waals surface area contributed by atoms with Gasteiger partial charge in [0.05, 0.1) is 13.2 Å². The summed E-state index contributed by atoms with van der Waals surface area (Å²) in [6.07, 6.45) is 3.40. The van der Waals surface area contributed by atoms with E-state index in [-0.39, 0.29) is 12.1 Å². The molecule has 6 nitrogen and oxygen atoms in total. The third kappa shape index (κ3) is 4.98. The number of nitrogens with one attached hydrogen (secondary N) is 2. The Morgan fingerprint density at radius 2 is 1.63 bits per heavy atom. The quantitative estimate of drug-likeness (QED) is 0.662. The molecule has 0 saturated heterocycles. The number of benzene rings is 2. The zero-order valence-electron chi connectivity index (χ0n) is 15.2. The van der Waals surface area contributed by atoms with E-state index in [1.54, 1.807) is 43.8 Å². The lowest BCUT2D eigenvalue weighted by molar-refractivity contribution is 0.249. The molecule has 0 radical (unpaired) electrons. The second-order valence-corrected chi connectivity index (χ2v) is 5.88. The molecule has 0 fully saturated rings. The predicted octanol–water partition coefficient (Wildman–Crippen LogP) is 4.77. The molecule has 2 N–H and O–H groups in total. The van der Waals surface area contributed by atoms with Gasteiger partial charge in [-0.25, -0.2) is 4.79 Å². The second kappa shape index (κ2) is 8.71. The van der Waals surface area contributed by atoms with E-state index in [9.17, 15) is 4.79 Å². The number of amides is 2. The van der Waals surface area contributed by atoms with E-state index < -0.39 is 0 Å². The van der Waals surface area contributed by atoms with E-state index in [1.165, 1.54) is 0 Å². The number of urea groups is 1. The van der Waals surface area contributed by atoms with E-state index in [0.717, 1.165) is 5.56 Å². The fourth-order valence-electron chi connectivity index (χ4n) is 2.54. The first-order chi connectivity index (χ1) is 13.2. The van der Waals surface area contributed by atoms with Crippen LogP contribution in [0.5, 0.6) is 17.2 Å². The Kier molecular flexibility index (Phi) is 5.89. The van der Waals surface area contributed by atoms with E-state index in [4.69, 9.17) is 9.47 Å². The van der Waals surface area contributed by atoms with Gasteiger partial charge in [0.2, 0.25) is 0 Å². The molecular weight excluding hydrogens is 342 g/mol. The Hall–Kier alpha value is -3.54. The summed E-state index contributed by atoms with van der Waals surface area (Å²) in [6, 6.07) is 17.9. The Bertz CT molecular complexity index is 883. The van der Waals surface area contributed by atoms with Gasteiger partial charge in [0, 0.05) is 18.1 Å². The van der Waals surface area contributed by atoms with Crippen LogP contribution in [0.3, 0.4) is 0 Å². The molecule has 0 aliphatic carbocycles. The van der Waals surface area contributed by atoms with Gasteiger partial charge in [0.1, 0.15) is 5.75 Å². The summed E-state index contributed by atoms with van der Waals surface area (Å²) < 4.78 is 11.1. The van der Waals surface area contributed by atoms with Crippen molar-refractivity contribution in [1.29, 1.82) is 0 Å². The van der Waals surface area contributed by atoms with Crippen LogP contribution in [0.2, 0.25) is 0 Å². The fourth-order valence-corrected chi connectivity index (χ4v) is 2.54. The third-order valence-electron chi connectivity index (χ3n) is 3.96. The number of carbonyl (C=O) groups is 1. The minimum absolute atomic E-state index is 0.124. The number of para-hydroxylation sites is 2. The molecule has 1 atom stereocenters. The molecular formula is C21H21N3O3. The van der Waals surface area contributed by atoms with Crippen molar-refractivity contribution < 1.29 is 14.3 Å². The molecule has 3 aromatic rings. The number of ether oxygens (including phenoxy) is 2. The summed E-state index contributed by atoms with van der Waals surface area (Å²) in [5, 5.41) is 5.70. The lowest BCUT2D eigenvalue weighted by Gasteiger charge is -2.15. The molecule has 2 amide bonds. The average Bonchev–Trinajstić information content (AvgIpc) is 2.70. The summed E-state index contributed by atoms with van der Waals surface area (Å²) in [5.74, 6) is 1.93. The molecule has 1 unspecified atom stereocenters. The zero-order valence-corrected chi connectivity index (χ0v) is 15.2. The van der Waals surface area contributed by atoms with Gasteiger partial charge in [-0.1, -0.05) is 12.1 Å². The van der Waals surface area contributed by atoms with E-state index in [2.05, 4.69) is 15.6 Å². The number of anilines is 1. The standard InChI is InChI=1S/C21H21N3O3/c1-15(16-11-13-22-14-12-16)23-21(25)24-17-7-9-18(10-8-17)27-20-6-4-3-5-19(20)26-2/h3-15H,1-2H3,(H2,23,24,25). The molecule has 0 bridgehead atoms. The second-order valence-electron chi connectivity index (χ2n) is 5.88. The normalized spacial score (nSPS) is 11.3. The van der Waals surface area contributed by atoms with Crippen LogP contribution in [0.4, 0.5) is 10.5 Å². The Balaban J connectivity index is 1.58. The molecule has 1 aromatic heterocycles. The third-order valence-corrected chi connectivity index (χ3v) is 3.96. The van der Waals surface area contributed by atoms with Crippen LogP contribution in [-0.2, 0) is 0 Å². The molecule has 6 heteroatoms. The molecule has 1 heterocycles. The molecule has 0 spiro atoms. The van der Waals surface area contributed by atoms with E-state index >= 15 is 0 Å². The highest BCUT2D eigenvalue weighted by Gasteiger charge is 2.10. The van der Waals surface area contributed by atoms with Gasteiger partial charge in [0.15, 0.2) is 11.5 Å². The first-order valence-corrected chi connectivity index (χ1v) is 8.54. The predicted molar refractivity (Wildman–Crippen MR) is 104 cm³/mol. The largest absolute Gasteiger partial charge is 0.493 e. The van der Waals surface area contributed by atoms with Crippen LogP contribution in [-0.4, -0.2) is 18.1 Å². The van der Waals surface area contributed by atoms with Gasteiger partial charge >= 0.3 is 6.03 Å². The summed E-state index contributed by atoms with van der Waals surface area (Å²) in [4.78, 5) is 16.1. The van der Waals surface area contributed by atoms with Gasteiger partial charge in [0.25, 0.3) is 0 Å². The van der Waals surface area contributed by atoms with Gasteiger partial charge in [-0.05, 0) is 61.0 Å². The summed E-state index contributed by atoms with van der Waals surface area (Å²) in [5.41, 5.74) is 1.66. The number of pyridine rings is 1. The smallest absolute Gasteiger partial charge is 0.319 e. The number of methoxy groups -OCH3 is 1. The summed E-state index contributed by atoms with van der Waals surface area (Å²) in [6.45, 7) is 1.92. The van der Waals surface area contributed by atoms with Crippen LogP contribution < -0.4 is 20.1 Å². The van der Waals surface area contributed by atoms with Crippen molar-refractivity contribution in [2.75, 3.05) is 12.4 Å². The van der Waals surface area contributed by atoms with Crippen LogP contribution in [0.15, 0.2) is 73.1 Å². The molecule has 0 aliphatic rings. The number of aromatic nitrogens is 1. The number of nitrogens with zero attached hydrogens (tertiary/aromatic N) is 1. The van der Waals surface area contributed by atoms with Crippen LogP contribution >= 0.6 is 0 Å². The molecule has 0 saturated carbocycles. The number of hydrogen-bond acceptors (Lipinski definition) is 4. The van der Waals surface area contributed by atoms with Crippen molar-refractivity contribution in [3.63, 3.8) is 0 Å². The summed E-state index contributed by atoms with van der Waals surface area (Å²) in [7, 11) is 1.60. The lowest BCUT2D eigenvalue weighted by Crippen LogP contribution is -2.31. The molecule has 3 rings (SSSR count). The Morgan fingerprint density at radius 3 is 2.30 bits per heavy atom. The maximum absolute atomic E-state index is 12.2. The van der Waals surface area contributed by atoms with Crippen molar-refractivity contribution >= 4 is 11.7 Å². The SMILES string of the molecule is COc1ccccc1Oc1ccc(NC(=O)NC(C)c2ccncc2)cc1. The van der Waals surface area contributed by atoms with Crippen molar-refractivity contribution in [2.24, 2.45) is 0 Å². The maximum atomic E-state index is 12.2. The molecule has 138 valence electrons. The average molecular weight is 363 g/mol. The van der Waals surface area contributed by atoms with Gasteiger partial charge in [-0.3, -0.25) is 4.98 Å². The monoisotopic (exact) mass is 363 g/mol. The topological polar surface area (TPSA) is 72.5 Å². The lowest BCUT2D eigenvalue weighted by atomic mass is 10.1. The highest BCUT2D eigenvalue weighted by molar-refractivity contribution is 5.89. The Morgan fingerprint density at radius 1 is 0.963 bits per heavy atom. The minimum atomic E-state index is -0.280.